The molecular weight excluding hydrogens is 300 g/mol. The van der Waals surface area contributed by atoms with Crippen molar-refractivity contribution < 1.29 is 14.7 Å². The van der Waals surface area contributed by atoms with Gasteiger partial charge in [-0.15, -0.1) is 0 Å². The summed E-state index contributed by atoms with van der Waals surface area (Å²) in [6, 6.07) is 4.69. The van der Waals surface area contributed by atoms with Crippen LogP contribution in [0.25, 0.3) is 0 Å². The Morgan fingerprint density at radius 3 is 2.61 bits per heavy atom. The van der Waals surface area contributed by atoms with Gasteiger partial charge in [0.2, 0.25) is 5.91 Å². The van der Waals surface area contributed by atoms with E-state index in [0.717, 1.165) is 0 Å². The summed E-state index contributed by atoms with van der Waals surface area (Å²) in [7, 11) is 0. The third-order valence-corrected chi connectivity index (χ3v) is 2.85. The standard InChI is InChI=1S/C12H15BrN2O3/c1-7(2)14-6-11(16)15-10-5-8(12(17)18)3-4-9(10)13/h3-5,7,14H,6H2,1-2H3,(H,15,16)(H,17,18). The van der Waals surface area contributed by atoms with Crippen LogP contribution in [0.15, 0.2) is 22.7 Å². The summed E-state index contributed by atoms with van der Waals surface area (Å²) >= 11 is 3.26. The maximum absolute atomic E-state index is 11.6. The maximum Gasteiger partial charge on any atom is 0.335 e. The minimum Gasteiger partial charge on any atom is -0.478 e. The highest BCUT2D eigenvalue weighted by molar-refractivity contribution is 9.10. The van der Waals surface area contributed by atoms with E-state index in [-0.39, 0.29) is 24.1 Å². The van der Waals surface area contributed by atoms with Gasteiger partial charge in [0.15, 0.2) is 0 Å². The van der Waals surface area contributed by atoms with Crippen molar-refractivity contribution in [1.82, 2.24) is 5.32 Å². The molecule has 1 rings (SSSR count). The van der Waals surface area contributed by atoms with Crippen LogP contribution >= 0.6 is 15.9 Å². The molecule has 0 aromatic heterocycles. The Hall–Kier alpha value is -1.40. The van der Waals surface area contributed by atoms with Crippen LogP contribution in [0.5, 0.6) is 0 Å². The van der Waals surface area contributed by atoms with Crippen LogP contribution < -0.4 is 10.6 Å². The number of rotatable bonds is 5. The molecule has 1 aromatic rings. The molecule has 0 aliphatic carbocycles. The van der Waals surface area contributed by atoms with Gasteiger partial charge in [-0.2, -0.15) is 0 Å². The smallest absolute Gasteiger partial charge is 0.335 e. The number of carbonyl (C=O) groups excluding carboxylic acids is 1. The van der Waals surface area contributed by atoms with E-state index in [1.165, 1.54) is 12.1 Å². The monoisotopic (exact) mass is 314 g/mol. The van der Waals surface area contributed by atoms with E-state index in [9.17, 15) is 9.59 Å². The first-order valence-electron chi connectivity index (χ1n) is 5.46. The van der Waals surface area contributed by atoms with Crippen molar-refractivity contribution >= 4 is 33.5 Å². The molecule has 0 saturated heterocycles. The second-order valence-electron chi connectivity index (χ2n) is 4.08. The average molecular weight is 315 g/mol. The Labute approximate surface area is 114 Å². The summed E-state index contributed by atoms with van der Waals surface area (Å²) in [5.74, 6) is -1.25. The molecule has 0 fully saturated rings. The number of halogens is 1. The van der Waals surface area contributed by atoms with Crippen LogP contribution in [0, 0.1) is 0 Å². The summed E-state index contributed by atoms with van der Waals surface area (Å²) < 4.78 is 0.644. The van der Waals surface area contributed by atoms with Gasteiger partial charge in [0, 0.05) is 10.5 Å². The highest BCUT2D eigenvalue weighted by atomic mass is 79.9. The Kier molecular flexibility index (Phi) is 5.30. The molecule has 0 atom stereocenters. The number of nitrogens with one attached hydrogen (secondary N) is 2. The lowest BCUT2D eigenvalue weighted by atomic mass is 10.2. The van der Waals surface area contributed by atoms with Crippen LogP contribution in [0.2, 0.25) is 0 Å². The zero-order valence-corrected chi connectivity index (χ0v) is 11.7. The molecule has 1 amide bonds. The highest BCUT2D eigenvalue weighted by Crippen LogP contribution is 2.23. The summed E-state index contributed by atoms with van der Waals surface area (Å²) in [6.45, 7) is 4.06. The average Bonchev–Trinajstić information content (AvgIpc) is 2.29. The minimum atomic E-state index is -1.03. The largest absolute Gasteiger partial charge is 0.478 e. The molecule has 18 heavy (non-hydrogen) atoms. The van der Waals surface area contributed by atoms with Gasteiger partial charge in [0.25, 0.3) is 0 Å². The number of carbonyl (C=O) groups is 2. The van der Waals surface area contributed by atoms with Gasteiger partial charge in [0.05, 0.1) is 17.8 Å². The van der Waals surface area contributed by atoms with E-state index in [1.54, 1.807) is 6.07 Å². The van der Waals surface area contributed by atoms with E-state index in [0.29, 0.717) is 10.2 Å². The number of hydrogen-bond acceptors (Lipinski definition) is 3. The molecule has 3 N–H and O–H groups in total. The lowest BCUT2D eigenvalue weighted by Gasteiger charge is -2.10. The molecule has 0 heterocycles. The molecule has 0 saturated carbocycles. The molecule has 0 radical (unpaired) electrons. The van der Waals surface area contributed by atoms with Crippen molar-refractivity contribution in [3.05, 3.63) is 28.2 Å². The summed E-state index contributed by atoms with van der Waals surface area (Å²) in [5.41, 5.74) is 0.579. The van der Waals surface area contributed by atoms with Gasteiger partial charge < -0.3 is 15.7 Å². The summed E-state index contributed by atoms with van der Waals surface area (Å²) in [4.78, 5) is 22.4. The fourth-order valence-corrected chi connectivity index (χ4v) is 1.59. The van der Waals surface area contributed by atoms with Crippen LogP contribution in [0.3, 0.4) is 0 Å². The maximum atomic E-state index is 11.6. The molecule has 1 aromatic carbocycles. The molecule has 0 unspecified atom stereocenters. The van der Waals surface area contributed by atoms with E-state index < -0.39 is 5.97 Å². The quantitative estimate of drug-likeness (QED) is 0.777. The van der Waals surface area contributed by atoms with Crippen LogP contribution in [0.4, 0.5) is 5.69 Å². The van der Waals surface area contributed by atoms with Gasteiger partial charge in [-0.1, -0.05) is 13.8 Å². The van der Waals surface area contributed by atoms with Crippen LogP contribution in [-0.2, 0) is 4.79 Å². The summed E-state index contributed by atoms with van der Waals surface area (Å²) in [6.07, 6.45) is 0. The van der Waals surface area contributed by atoms with E-state index in [4.69, 9.17) is 5.11 Å². The second-order valence-corrected chi connectivity index (χ2v) is 4.94. The summed E-state index contributed by atoms with van der Waals surface area (Å²) in [5, 5.41) is 14.5. The van der Waals surface area contributed by atoms with Crippen molar-refractivity contribution in [2.45, 2.75) is 19.9 Å². The Balaban J connectivity index is 2.74. The molecule has 5 nitrogen and oxygen atoms in total. The van der Waals surface area contributed by atoms with Gasteiger partial charge in [-0.05, 0) is 34.1 Å². The fourth-order valence-electron chi connectivity index (χ4n) is 1.25. The third kappa shape index (κ3) is 4.46. The molecule has 0 spiro atoms. The van der Waals surface area contributed by atoms with Crippen LogP contribution in [-0.4, -0.2) is 29.6 Å². The lowest BCUT2D eigenvalue weighted by Crippen LogP contribution is -2.32. The number of carboxylic acid groups (broad SMARTS) is 1. The van der Waals surface area contributed by atoms with Crippen molar-refractivity contribution in [1.29, 1.82) is 0 Å². The van der Waals surface area contributed by atoms with Crippen molar-refractivity contribution in [3.63, 3.8) is 0 Å². The van der Waals surface area contributed by atoms with Crippen molar-refractivity contribution in [3.8, 4) is 0 Å². The van der Waals surface area contributed by atoms with Gasteiger partial charge in [-0.25, -0.2) is 4.79 Å². The first kappa shape index (κ1) is 14.7. The van der Waals surface area contributed by atoms with Crippen molar-refractivity contribution in [2.75, 3.05) is 11.9 Å². The molecular formula is C12H15BrN2O3. The van der Waals surface area contributed by atoms with Gasteiger partial charge in [0.1, 0.15) is 0 Å². The van der Waals surface area contributed by atoms with Gasteiger partial charge in [-0.3, -0.25) is 4.79 Å². The van der Waals surface area contributed by atoms with E-state index in [2.05, 4.69) is 26.6 Å². The molecule has 0 aliphatic heterocycles. The minimum absolute atomic E-state index is 0.130. The van der Waals surface area contributed by atoms with Crippen molar-refractivity contribution in [2.24, 2.45) is 0 Å². The number of anilines is 1. The zero-order valence-electron chi connectivity index (χ0n) is 10.2. The Bertz CT molecular complexity index is 461. The fraction of sp³-hybridized carbons (Fsp3) is 0.333. The SMILES string of the molecule is CC(C)NCC(=O)Nc1cc(C(=O)O)ccc1Br. The predicted octanol–water partition coefficient (Wildman–Crippen LogP) is 2.08. The van der Waals surface area contributed by atoms with Gasteiger partial charge >= 0.3 is 5.97 Å². The number of benzene rings is 1. The first-order chi connectivity index (χ1) is 8.40. The Morgan fingerprint density at radius 2 is 2.06 bits per heavy atom. The normalized spacial score (nSPS) is 10.4. The molecule has 98 valence electrons. The lowest BCUT2D eigenvalue weighted by molar-refractivity contribution is -0.115. The number of carboxylic acids is 1. The molecule has 0 bridgehead atoms. The third-order valence-electron chi connectivity index (χ3n) is 2.16. The highest BCUT2D eigenvalue weighted by Gasteiger charge is 2.09. The Morgan fingerprint density at radius 1 is 1.39 bits per heavy atom. The molecule has 0 aliphatic rings. The van der Waals surface area contributed by atoms with E-state index >= 15 is 0 Å². The van der Waals surface area contributed by atoms with Crippen LogP contribution in [0.1, 0.15) is 24.2 Å². The number of amides is 1. The number of aromatic carboxylic acids is 1. The number of hydrogen-bond donors (Lipinski definition) is 3. The predicted molar refractivity (Wildman–Crippen MR) is 72.9 cm³/mol. The first-order valence-corrected chi connectivity index (χ1v) is 6.25. The topological polar surface area (TPSA) is 78.4 Å². The molecule has 6 heteroatoms. The zero-order chi connectivity index (χ0) is 13.7. The van der Waals surface area contributed by atoms with E-state index in [1.807, 2.05) is 13.8 Å². The second kappa shape index (κ2) is 6.51.